The number of imide groups is 1. The van der Waals surface area contributed by atoms with Gasteiger partial charge >= 0.3 is 0 Å². The van der Waals surface area contributed by atoms with Crippen LogP contribution in [0, 0.1) is 5.92 Å². The van der Waals surface area contributed by atoms with E-state index in [1.807, 2.05) is 19.9 Å². The highest BCUT2D eigenvalue weighted by atomic mass is 16.7. The zero-order chi connectivity index (χ0) is 15.0. The van der Waals surface area contributed by atoms with Crippen molar-refractivity contribution >= 4 is 17.5 Å². The molecule has 6 heteroatoms. The second-order valence-corrected chi connectivity index (χ2v) is 5.71. The van der Waals surface area contributed by atoms with Crippen molar-refractivity contribution < 1.29 is 19.1 Å². The van der Waals surface area contributed by atoms with Crippen LogP contribution in [0.5, 0.6) is 11.5 Å². The summed E-state index contributed by atoms with van der Waals surface area (Å²) in [6, 6.07) is 4.89. The van der Waals surface area contributed by atoms with Gasteiger partial charge in [-0.25, -0.2) is 0 Å². The second kappa shape index (κ2) is 5.27. The molecule has 2 amide bonds. The van der Waals surface area contributed by atoms with Crippen molar-refractivity contribution in [1.29, 1.82) is 0 Å². The van der Waals surface area contributed by atoms with E-state index in [9.17, 15) is 9.59 Å². The molecule has 1 unspecified atom stereocenters. The lowest BCUT2D eigenvalue weighted by Gasteiger charge is -2.17. The third-order valence-corrected chi connectivity index (χ3v) is 3.51. The number of hydrogen-bond acceptors (Lipinski definition) is 5. The van der Waals surface area contributed by atoms with Gasteiger partial charge in [0.2, 0.25) is 12.7 Å². The molecule has 0 saturated carbocycles. The van der Waals surface area contributed by atoms with Gasteiger partial charge in [0.1, 0.15) is 6.04 Å². The van der Waals surface area contributed by atoms with Crippen LogP contribution in [0.15, 0.2) is 18.2 Å². The van der Waals surface area contributed by atoms with Crippen LogP contribution in [0.25, 0.3) is 0 Å². The summed E-state index contributed by atoms with van der Waals surface area (Å²) in [5.74, 6) is 1.33. The minimum Gasteiger partial charge on any atom is -0.454 e. The molecule has 0 aliphatic carbocycles. The van der Waals surface area contributed by atoms with Crippen molar-refractivity contribution in [2.75, 3.05) is 18.7 Å². The van der Waals surface area contributed by atoms with Gasteiger partial charge in [-0.1, -0.05) is 13.8 Å². The van der Waals surface area contributed by atoms with E-state index in [2.05, 4.69) is 5.32 Å². The number of amides is 2. The van der Waals surface area contributed by atoms with Crippen LogP contribution in [0.1, 0.15) is 20.3 Å². The molecular weight excluding hydrogens is 272 g/mol. The third kappa shape index (κ3) is 2.66. The molecule has 1 aromatic carbocycles. The molecule has 112 valence electrons. The fourth-order valence-electron chi connectivity index (χ4n) is 2.54. The van der Waals surface area contributed by atoms with Crippen molar-refractivity contribution in [2.24, 2.45) is 5.92 Å². The number of likely N-dealkylation sites (tertiary alicyclic amines) is 1. The van der Waals surface area contributed by atoms with Gasteiger partial charge in [0.15, 0.2) is 11.5 Å². The van der Waals surface area contributed by atoms with E-state index >= 15 is 0 Å². The lowest BCUT2D eigenvalue weighted by atomic mass is 10.2. The number of nitrogens with zero attached hydrogens (tertiary/aromatic N) is 1. The molecule has 0 bridgehead atoms. The molecule has 0 radical (unpaired) electrons. The first-order valence-corrected chi connectivity index (χ1v) is 7.05. The maximum absolute atomic E-state index is 12.3. The summed E-state index contributed by atoms with van der Waals surface area (Å²) in [4.78, 5) is 25.5. The zero-order valence-electron chi connectivity index (χ0n) is 12.1. The van der Waals surface area contributed by atoms with E-state index in [0.29, 0.717) is 18.0 Å². The number of fused-ring (bicyclic) bond motifs is 1. The predicted octanol–water partition coefficient (Wildman–Crippen LogP) is 1.61. The Balaban J connectivity index is 1.71. The molecule has 1 atom stereocenters. The molecule has 0 spiro atoms. The van der Waals surface area contributed by atoms with Gasteiger partial charge in [0, 0.05) is 18.3 Å². The first kappa shape index (κ1) is 13.7. The topological polar surface area (TPSA) is 67.9 Å². The molecule has 0 aromatic heterocycles. The fraction of sp³-hybridized carbons (Fsp3) is 0.467. The molecule has 1 saturated heterocycles. The van der Waals surface area contributed by atoms with Crippen molar-refractivity contribution in [3.05, 3.63) is 18.2 Å². The summed E-state index contributed by atoms with van der Waals surface area (Å²) in [5, 5.41) is 3.11. The van der Waals surface area contributed by atoms with Crippen LogP contribution in [0.2, 0.25) is 0 Å². The molecule has 2 aliphatic rings. The maximum Gasteiger partial charge on any atom is 0.252 e. The third-order valence-electron chi connectivity index (χ3n) is 3.51. The second-order valence-electron chi connectivity index (χ2n) is 5.71. The summed E-state index contributed by atoms with van der Waals surface area (Å²) in [6.45, 7) is 4.65. The zero-order valence-corrected chi connectivity index (χ0v) is 12.1. The number of ether oxygens (including phenoxy) is 2. The largest absolute Gasteiger partial charge is 0.454 e. The van der Waals surface area contributed by atoms with Gasteiger partial charge in [0.25, 0.3) is 5.91 Å². The minimum absolute atomic E-state index is 0.119. The molecular formula is C15H18N2O4. The van der Waals surface area contributed by atoms with Crippen LogP contribution < -0.4 is 14.8 Å². The number of carbonyl (C=O) groups excluding carboxylic acids is 2. The number of rotatable bonds is 4. The normalized spacial score (nSPS) is 20.5. The SMILES string of the molecule is CC(C)CN1C(=O)CC(Nc2ccc3c(c2)OCO3)C1=O. The van der Waals surface area contributed by atoms with Gasteiger partial charge in [0.05, 0.1) is 6.42 Å². The first-order chi connectivity index (χ1) is 10.0. The molecule has 21 heavy (non-hydrogen) atoms. The van der Waals surface area contributed by atoms with Crippen LogP contribution in [-0.4, -0.2) is 36.1 Å². The van der Waals surface area contributed by atoms with Gasteiger partial charge in [-0.2, -0.15) is 0 Å². The van der Waals surface area contributed by atoms with E-state index in [1.54, 1.807) is 12.1 Å². The van der Waals surface area contributed by atoms with E-state index in [1.165, 1.54) is 4.90 Å². The van der Waals surface area contributed by atoms with E-state index in [4.69, 9.17) is 9.47 Å². The van der Waals surface area contributed by atoms with Gasteiger partial charge in [-0.3, -0.25) is 14.5 Å². The monoisotopic (exact) mass is 290 g/mol. The van der Waals surface area contributed by atoms with Gasteiger partial charge in [-0.05, 0) is 18.1 Å². The number of hydrogen-bond donors (Lipinski definition) is 1. The van der Waals surface area contributed by atoms with Crippen LogP contribution in [0.3, 0.4) is 0 Å². The smallest absolute Gasteiger partial charge is 0.252 e. The minimum atomic E-state index is -0.503. The highest BCUT2D eigenvalue weighted by molar-refractivity contribution is 6.06. The van der Waals surface area contributed by atoms with Gasteiger partial charge in [-0.15, -0.1) is 0 Å². The predicted molar refractivity (Wildman–Crippen MR) is 76.2 cm³/mol. The van der Waals surface area contributed by atoms with Crippen molar-refractivity contribution in [3.8, 4) is 11.5 Å². The molecule has 2 aliphatic heterocycles. The highest BCUT2D eigenvalue weighted by Gasteiger charge is 2.38. The first-order valence-electron chi connectivity index (χ1n) is 7.05. The maximum atomic E-state index is 12.3. The van der Waals surface area contributed by atoms with E-state index < -0.39 is 6.04 Å². The molecule has 1 aromatic rings. The Bertz CT molecular complexity index is 585. The Morgan fingerprint density at radius 1 is 1.29 bits per heavy atom. The Kier molecular flexibility index (Phi) is 3.45. The van der Waals surface area contributed by atoms with Crippen LogP contribution in [0.4, 0.5) is 5.69 Å². The highest BCUT2D eigenvalue weighted by Crippen LogP contribution is 2.34. The average molecular weight is 290 g/mol. The quantitative estimate of drug-likeness (QED) is 0.853. The molecule has 1 fully saturated rings. The van der Waals surface area contributed by atoms with Crippen molar-refractivity contribution in [1.82, 2.24) is 4.90 Å². The Hall–Kier alpha value is -2.24. The lowest BCUT2D eigenvalue weighted by molar-refractivity contribution is -0.139. The lowest BCUT2D eigenvalue weighted by Crippen LogP contribution is -2.37. The molecule has 6 nitrogen and oxygen atoms in total. The average Bonchev–Trinajstić information content (AvgIpc) is 2.98. The number of benzene rings is 1. The van der Waals surface area contributed by atoms with E-state index in [-0.39, 0.29) is 30.9 Å². The van der Waals surface area contributed by atoms with Crippen molar-refractivity contribution in [3.63, 3.8) is 0 Å². The number of carbonyl (C=O) groups is 2. The van der Waals surface area contributed by atoms with Crippen LogP contribution in [-0.2, 0) is 9.59 Å². The molecule has 1 N–H and O–H groups in total. The number of nitrogens with one attached hydrogen (secondary N) is 1. The summed E-state index contributed by atoms with van der Waals surface area (Å²) in [7, 11) is 0. The fourth-order valence-corrected chi connectivity index (χ4v) is 2.54. The number of anilines is 1. The van der Waals surface area contributed by atoms with Gasteiger partial charge < -0.3 is 14.8 Å². The summed E-state index contributed by atoms with van der Waals surface area (Å²) >= 11 is 0. The molecule has 2 heterocycles. The molecule has 3 rings (SSSR count). The summed E-state index contributed by atoms with van der Waals surface area (Å²) < 4.78 is 10.5. The summed E-state index contributed by atoms with van der Waals surface area (Å²) in [5.41, 5.74) is 0.747. The van der Waals surface area contributed by atoms with E-state index in [0.717, 1.165) is 5.69 Å². The van der Waals surface area contributed by atoms with Crippen LogP contribution >= 0.6 is 0 Å². The van der Waals surface area contributed by atoms with Crippen molar-refractivity contribution in [2.45, 2.75) is 26.3 Å². The summed E-state index contributed by atoms with van der Waals surface area (Å²) in [6.07, 6.45) is 0.194. The Labute approximate surface area is 123 Å². The Morgan fingerprint density at radius 2 is 2.05 bits per heavy atom. The standard InChI is InChI=1S/C15H18N2O4/c1-9(2)7-17-14(18)6-11(15(17)19)16-10-3-4-12-13(5-10)21-8-20-12/h3-5,9,11,16H,6-8H2,1-2H3. The Morgan fingerprint density at radius 3 is 2.81 bits per heavy atom.